The van der Waals surface area contributed by atoms with E-state index in [4.69, 9.17) is 0 Å². The van der Waals surface area contributed by atoms with Crippen LogP contribution in [0.1, 0.15) is 26.9 Å². The smallest absolute Gasteiger partial charge is 0.406 e. The highest BCUT2D eigenvalue weighted by atomic mass is 32.2. The van der Waals surface area contributed by atoms with E-state index in [0.717, 1.165) is 17.0 Å². The lowest BCUT2D eigenvalue weighted by atomic mass is 10.1. The Morgan fingerprint density at radius 2 is 1.96 bits per heavy atom. The lowest BCUT2D eigenvalue weighted by Gasteiger charge is -2.20. The average Bonchev–Trinajstić information content (AvgIpc) is 3.04. The van der Waals surface area contributed by atoms with Crippen molar-refractivity contribution in [2.75, 3.05) is 18.8 Å². The Hall–Kier alpha value is -2.07. The fraction of sp³-hybridized carbons (Fsp3) is 0.353. The minimum absolute atomic E-state index is 0.00655. The molecule has 0 N–H and O–H groups in total. The van der Waals surface area contributed by atoms with Crippen molar-refractivity contribution in [2.24, 2.45) is 0 Å². The summed E-state index contributed by atoms with van der Waals surface area (Å²) in [6.07, 6.45) is -4.61. The van der Waals surface area contributed by atoms with Gasteiger partial charge in [0.15, 0.2) is 9.84 Å². The summed E-state index contributed by atoms with van der Waals surface area (Å²) in [5.41, 5.74) is 0.0173. The predicted molar refractivity (Wildman–Crippen MR) is 94.5 cm³/mol. The van der Waals surface area contributed by atoms with Crippen LogP contribution >= 0.6 is 11.3 Å². The van der Waals surface area contributed by atoms with E-state index in [9.17, 15) is 26.4 Å². The fourth-order valence-electron chi connectivity index (χ4n) is 2.95. The number of alkyl halides is 3. The van der Waals surface area contributed by atoms with E-state index in [1.54, 1.807) is 17.5 Å². The minimum atomic E-state index is -4.85. The van der Waals surface area contributed by atoms with Crippen LogP contribution in [-0.4, -0.2) is 44.4 Å². The van der Waals surface area contributed by atoms with Crippen molar-refractivity contribution >= 4 is 27.1 Å². The lowest BCUT2D eigenvalue weighted by Crippen LogP contribution is -2.33. The molecule has 1 aliphatic rings. The second-order valence-corrected chi connectivity index (χ2v) is 9.31. The number of sulfone groups is 1. The number of amides is 1. The molecule has 1 aliphatic heterocycles. The number of halogens is 3. The molecule has 2 aromatic rings. The Morgan fingerprint density at radius 3 is 2.63 bits per heavy atom. The van der Waals surface area contributed by atoms with Crippen LogP contribution in [0.25, 0.3) is 0 Å². The van der Waals surface area contributed by atoms with E-state index in [1.807, 2.05) is 0 Å². The quantitative estimate of drug-likeness (QED) is 0.762. The maximum atomic E-state index is 12.7. The molecule has 1 aromatic carbocycles. The zero-order chi connectivity index (χ0) is 19.7. The maximum absolute atomic E-state index is 12.7. The molecule has 1 atom stereocenters. The van der Waals surface area contributed by atoms with Crippen LogP contribution < -0.4 is 4.74 Å². The molecule has 0 spiro atoms. The summed E-state index contributed by atoms with van der Waals surface area (Å²) < 4.78 is 66.0. The van der Waals surface area contributed by atoms with E-state index in [0.29, 0.717) is 0 Å². The Labute approximate surface area is 158 Å². The topological polar surface area (TPSA) is 63.7 Å². The van der Waals surface area contributed by atoms with Crippen LogP contribution in [0.2, 0.25) is 0 Å². The van der Waals surface area contributed by atoms with Gasteiger partial charge in [-0.3, -0.25) is 4.79 Å². The van der Waals surface area contributed by atoms with Crippen molar-refractivity contribution in [3.8, 4) is 5.75 Å². The van der Waals surface area contributed by atoms with Gasteiger partial charge in [0.1, 0.15) is 5.75 Å². The number of benzene rings is 1. The first kappa shape index (κ1) is 19.7. The van der Waals surface area contributed by atoms with Crippen LogP contribution in [0, 0.1) is 0 Å². The molecule has 0 saturated carbocycles. The number of carbonyl (C=O) groups excluding carboxylic acids is 1. The lowest BCUT2D eigenvalue weighted by molar-refractivity contribution is -0.274. The van der Waals surface area contributed by atoms with Crippen molar-refractivity contribution in [3.63, 3.8) is 0 Å². The fourth-order valence-corrected chi connectivity index (χ4v) is 5.95. The summed E-state index contributed by atoms with van der Waals surface area (Å²) in [4.78, 5) is 14.8. The zero-order valence-electron chi connectivity index (χ0n) is 14.0. The third-order valence-electron chi connectivity index (χ3n) is 4.20. The molecular weight excluding hydrogens is 403 g/mol. The Balaban J connectivity index is 1.77. The summed E-state index contributed by atoms with van der Waals surface area (Å²) in [7, 11) is -3.42. The van der Waals surface area contributed by atoms with Gasteiger partial charge in [0.25, 0.3) is 5.91 Å². The largest absolute Gasteiger partial charge is 0.573 e. The summed E-state index contributed by atoms with van der Waals surface area (Å²) in [6, 6.07) is 8.30. The van der Waals surface area contributed by atoms with Gasteiger partial charge in [0.05, 0.1) is 11.0 Å². The molecule has 146 valence electrons. The second kappa shape index (κ2) is 7.51. The van der Waals surface area contributed by atoms with Crippen LogP contribution in [0.4, 0.5) is 13.2 Å². The van der Waals surface area contributed by atoms with E-state index in [2.05, 4.69) is 4.74 Å². The first-order chi connectivity index (χ1) is 12.7. The van der Waals surface area contributed by atoms with Gasteiger partial charge in [0, 0.05) is 23.5 Å². The Kier molecular flexibility index (Phi) is 5.48. The minimum Gasteiger partial charge on any atom is -0.406 e. The molecule has 0 radical (unpaired) electrons. The molecule has 2 heterocycles. The SMILES string of the molecule is O=C(c1cccc(OC(F)(F)F)c1)N1CCC(c2cccs2)S(=O)(=O)CC1. The number of rotatable bonds is 3. The van der Waals surface area contributed by atoms with Crippen LogP contribution in [0.3, 0.4) is 0 Å². The monoisotopic (exact) mass is 419 g/mol. The molecule has 1 unspecified atom stereocenters. The van der Waals surface area contributed by atoms with Gasteiger partial charge in [-0.15, -0.1) is 24.5 Å². The van der Waals surface area contributed by atoms with Crippen molar-refractivity contribution in [2.45, 2.75) is 18.0 Å². The molecule has 1 aromatic heterocycles. The van der Waals surface area contributed by atoms with Gasteiger partial charge in [-0.2, -0.15) is 0 Å². The number of hydrogen-bond acceptors (Lipinski definition) is 5. The number of nitrogens with zero attached hydrogens (tertiary/aromatic N) is 1. The van der Waals surface area contributed by atoms with E-state index in [1.165, 1.54) is 28.4 Å². The molecule has 1 saturated heterocycles. The van der Waals surface area contributed by atoms with Crippen molar-refractivity contribution < 1.29 is 31.1 Å². The third-order valence-corrected chi connectivity index (χ3v) is 7.45. The Morgan fingerprint density at radius 1 is 1.19 bits per heavy atom. The van der Waals surface area contributed by atoms with Crippen LogP contribution in [-0.2, 0) is 9.84 Å². The number of carbonyl (C=O) groups is 1. The molecular formula is C17H16F3NO4S2. The van der Waals surface area contributed by atoms with Crippen molar-refractivity contribution in [3.05, 3.63) is 52.2 Å². The number of thiophene rings is 1. The molecule has 0 aliphatic carbocycles. The summed E-state index contributed by atoms with van der Waals surface area (Å²) in [5.74, 6) is -1.21. The highest BCUT2D eigenvalue weighted by Crippen LogP contribution is 2.33. The Bertz CT molecular complexity index is 911. The molecule has 1 fully saturated rings. The van der Waals surface area contributed by atoms with Crippen LogP contribution in [0.15, 0.2) is 41.8 Å². The van der Waals surface area contributed by atoms with Gasteiger partial charge in [-0.05, 0) is 36.1 Å². The van der Waals surface area contributed by atoms with E-state index in [-0.39, 0.29) is 30.8 Å². The van der Waals surface area contributed by atoms with Gasteiger partial charge in [-0.1, -0.05) is 12.1 Å². The second-order valence-electron chi connectivity index (χ2n) is 6.03. The first-order valence-corrected chi connectivity index (χ1v) is 10.7. The summed E-state index contributed by atoms with van der Waals surface area (Å²) in [6.45, 7) is 0.193. The summed E-state index contributed by atoms with van der Waals surface area (Å²) in [5, 5.41) is 1.13. The molecule has 1 amide bonds. The number of hydrogen-bond donors (Lipinski definition) is 0. The maximum Gasteiger partial charge on any atom is 0.573 e. The molecule has 3 rings (SSSR count). The molecule has 0 bridgehead atoms. The van der Waals surface area contributed by atoms with Crippen molar-refractivity contribution in [1.82, 2.24) is 4.90 Å². The standard InChI is InChI=1S/C17H16F3NO4S2/c18-17(19,20)25-13-4-1-3-12(11-13)16(22)21-7-6-15(14-5-2-9-26-14)27(23,24)10-8-21/h1-5,9,11,15H,6-8,10H2. The highest BCUT2D eigenvalue weighted by molar-refractivity contribution is 7.91. The molecule has 27 heavy (non-hydrogen) atoms. The molecule has 5 nitrogen and oxygen atoms in total. The third kappa shape index (κ3) is 4.81. The molecule has 10 heteroatoms. The number of ether oxygens (including phenoxy) is 1. The normalized spacial score (nSPS) is 20.1. The van der Waals surface area contributed by atoms with E-state index >= 15 is 0 Å². The zero-order valence-corrected chi connectivity index (χ0v) is 15.6. The van der Waals surface area contributed by atoms with Gasteiger partial charge in [-0.25, -0.2) is 8.42 Å². The van der Waals surface area contributed by atoms with Gasteiger partial charge in [0.2, 0.25) is 0 Å². The van der Waals surface area contributed by atoms with Crippen LogP contribution in [0.5, 0.6) is 5.75 Å². The van der Waals surface area contributed by atoms with Crippen molar-refractivity contribution in [1.29, 1.82) is 0 Å². The first-order valence-electron chi connectivity index (χ1n) is 8.06. The average molecular weight is 419 g/mol. The highest BCUT2D eigenvalue weighted by Gasteiger charge is 2.34. The predicted octanol–water partition coefficient (Wildman–Crippen LogP) is 3.65. The van der Waals surface area contributed by atoms with Gasteiger partial charge < -0.3 is 9.64 Å². The van der Waals surface area contributed by atoms with E-state index < -0.39 is 33.1 Å². The summed E-state index contributed by atoms with van der Waals surface area (Å²) >= 11 is 1.35. The van der Waals surface area contributed by atoms with Gasteiger partial charge >= 0.3 is 6.36 Å².